The van der Waals surface area contributed by atoms with Gasteiger partial charge in [-0.15, -0.1) is 0 Å². The number of tetrazole rings is 1. The zero-order chi connectivity index (χ0) is 21.6. The van der Waals surface area contributed by atoms with Crippen molar-refractivity contribution in [3.05, 3.63) is 64.7 Å². The summed E-state index contributed by atoms with van der Waals surface area (Å²) in [6.07, 6.45) is 0.310. The largest absolute Gasteiger partial charge is 0.337 e. The average molecular weight is 422 g/mol. The molecule has 1 fully saturated rings. The van der Waals surface area contributed by atoms with Crippen LogP contribution < -0.4 is 10.2 Å². The number of piperazine rings is 1. The normalized spacial score (nSPS) is 14.4. The van der Waals surface area contributed by atoms with E-state index in [1.54, 1.807) is 16.8 Å². The first-order valence-corrected chi connectivity index (χ1v) is 9.95. The fraction of sp³-hybridized carbons (Fsp3) is 0.300. The van der Waals surface area contributed by atoms with E-state index < -0.39 is 4.92 Å². The number of amides is 1. The van der Waals surface area contributed by atoms with Crippen molar-refractivity contribution in [2.45, 2.75) is 6.42 Å². The molecule has 2 heterocycles. The Bertz CT molecular complexity index is 1050. The van der Waals surface area contributed by atoms with E-state index in [9.17, 15) is 14.9 Å². The van der Waals surface area contributed by atoms with Crippen molar-refractivity contribution in [1.82, 2.24) is 25.1 Å². The summed E-state index contributed by atoms with van der Waals surface area (Å²) in [6, 6.07) is 15.7. The van der Waals surface area contributed by atoms with Crippen LogP contribution in [-0.4, -0.2) is 68.7 Å². The van der Waals surface area contributed by atoms with Crippen LogP contribution >= 0.6 is 0 Å². The van der Waals surface area contributed by atoms with Crippen LogP contribution in [0.5, 0.6) is 0 Å². The van der Waals surface area contributed by atoms with E-state index in [-0.39, 0.29) is 11.6 Å². The van der Waals surface area contributed by atoms with E-state index in [2.05, 4.69) is 30.6 Å². The second-order valence-corrected chi connectivity index (χ2v) is 7.16. The molecular weight excluding hydrogens is 400 g/mol. The smallest absolute Gasteiger partial charge is 0.271 e. The zero-order valence-corrected chi connectivity index (χ0v) is 16.8. The van der Waals surface area contributed by atoms with Gasteiger partial charge in [0.25, 0.3) is 5.69 Å². The molecular formula is C20H22N8O3. The van der Waals surface area contributed by atoms with Crippen LogP contribution in [0.1, 0.15) is 6.42 Å². The molecule has 0 aliphatic carbocycles. The molecule has 3 aromatic rings. The van der Waals surface area contributed by atoms with Crippen molar-refractivity contribution in [2.24, 2.45) is 0 Å². The van der Waals surface area contributed by atoms with Gasteiger partial charge < -0.3 is 10.2 Å². The van der Waals surface area contributed by atoms with Gasteiger partial charge in [-0.25, -0.2) is 0 Å². The van der Waals surface area contributed by atoms with Crippen LogP contribution in [0.2, 0.25) is 0 Å². The minimum atomic E-state index is -0.483. The summed E-state index contributed by atoms with van der Waals surface area (Å²) in [6.45, 7) is 3.68. The molecule has 0 saturated carbocycles. The van der Waals surface area contributed by atoms with E-state index in [4.69, 9.17) is 0 Å². The van der Waals surface area contributed by atoms with Gasteiger partial charge in [-0.3, -0.25) is 19.8 Å². The fourth-order valence-corrected chi connectivity index (χ4v) is 3.47. The molecule has 0 atom stereocenters. The molecule has 1 aliphatic heterocycles. The molecule has 0 bridgehead atoms. The molecule has 2 aromatic carbocycles. The van der Waals surface area contributed by atoms with E-state index in [1.165, 1.54) is 12.1 Å². The maximum atomic E-state index is 12.2. The van der Waals surface area contributed by atoms with Crippen LogP contribution in [0.25, 0.3) is 5.69 Å². The highest BCUT2D eigenvalue weighted by molar-refractivity contribution is 5.91. The molecule has 1 aromatic heterocycles. The molecule has 11 heteroatoms. The van der Waals surface area contributed by atoms with Gasteiger partial charge in [0.05, 0.1) is 10.6 Å². The number of anilines is 2. The lowest BCUT2D eigenvalue weighted by Crippen LogP contribution is -2.47. The number of rotatable bonds is 7. The number of non-ortho nitro benzene ring substituents is 1. The Morgan fingerprint density at radius 3 is 2.58 bits per heavy atom. The number of para-hydroxylation sites is 1. The van der Waals surface area contributed by atoms with Gasteiger partial charge in [0.15, 0.2) is 0 Å². The molecule has 1 amide bonds. The Labute approximate surface area is 178 Å². The maximum absolute atomic E-state index is 12.2. The lowest BCUT2D eigenvalue weighted by Gasteiger charge is -2.34. The third-order valence-electron chi connectivity index (χ3n) is 5.10. The second kappa shape index (κ2) is 9.30. The Kier molecular flexibility index (Phi) is 6.13. The molecule has 0 spiro atoms. The quantitative estimate of drug-likeness (QED) is 0.451. The van der Waals surface area contributed by atoms with Gasteiger partial charge in [-0.2, -0.15) is 4.68 Å². The first-order valence-electron chi connectivity index (χ1n) is 9.95. The Morgan fingerprint density at radius 2 is 1.84 bits per heavy atom. The van der Waals surface area contributed by atoms with E-state index in [0.29, 0.717) is 24.6 Å². The van der Waals surface area contributed by atoms with E-state index in [0.717, 1.165) is 31.9 Å². The molecule has 160 valence electrons. The molecule has 4 rings (SSSR count). The number of benzene rings is 2. The second-order valence-electron chi connectivity index (χ2n) is 7.16. The number of nitrogens with zero attached hydrogens (tertiary/aromatic N) is 7. The number of carbonyl (C=O) groups excluding carboxylic acids is 1. The first-order chi connectivity index (χ1) is 15.1. The summed E-state index contributed by atoms with van der Waals surface area (Å²) in [5.74, 6) is 0.533. The van der Waals surface area contributed by atoms with Crippen molar-refractivity contribution >= 4 is 23.2 Å². The highest BCUT2D eigenvalue weighted by atomic mass is 16.6. The predicted molar refractivity (Wildman–Crippen MR) is 114 cm³/mol. The SMILES string of the molecule is O=C(CCN1CCN(c2nnnn2-c2ccccc2)CC1)Nc1cccc([N+](=O)[O-])c1. The van der Waals surface area contributed by atoms with Crippen molar-refractivity contribution in [2.75, 3.05) is 42.9 Å². The van der Waals surface area contributed by atoms with Crippen LogP contribution in [0.4, 0.5) is 17.3 Å². The van der Waals surface area contributed by atoms with Crippen molar-refractivity contribution in [1.29, 1.82) is 0 Å². The summed E-state index contributed by atoms with van der Waals surface area (Å²) >= 11 is 0. The number of nitro groups is 1. The monoisotopic (exact) mass is 422 g/mol. The summed E-state index contributed by atoms with van der Waals surface area (Å²) in [5, 5.41) is 25.7. The van der Waals surface area contributed by atoms with Crippen molar-refractivity contribution in [3.63, 3.8) is 0 Å². The van der Waals surface area contributed by atoms with Gasteiger partial charge >= 0.3 is 0 Å². The number of hydrogen-bond acceptors (Lipinski definition) is 8. The number of nitro benzene ring substituents is 1. The molecule has 1 saturated heterocycles. The Balaban J connectivity index is 1.27. The molecule has 11 nitrogen and oxygen atoms in total. The van der Waals surface area contributed by atoms with E-state index in [1.807, 2.05) is 30.3 Å². The van der Waals surface area contributed by atoms with Crippen LogP contribution in [0.15, 0.2) is 54.6 Å². The van der Waals surface area contributed by atoms with E-state index >= 15 is 0 Å². The van der Waals surface area contributed by atoms with Crippen LogP contribution in [0.3, 0.4) is 0 Å². The zero-order valence-electron chi connectivity index (χ0n) is 16.8. The summed E-state index contributed by atoms with van der Waals surface area (Å²) < 4.78 is 1.72. The van der Waals surface area contributed by atoms with Gasteiger partial charge in [0.1, 0.15) is 0 Å². The van der Waals surface area contributed by atoms with Gasteiger partial charge in [0.2, 0.25) is 11.9 Å². The lowest BCUT2D eigenvalue weighted by atomic mass is 10.2. The van der Waals surface area contributed by atoms with Crippen molar-refractivity contribution in [3.8, 4) is 5.69 Å². The Morgan fingerprint density at radius 1 is 1.06 bits per heavy atom. The summed E-state index contributed by atoms with van der Waals surface area (Å²) in [5.41, 5.74) is 1.28. The third-order valence-corrected chi connectivity index (χ3v) is 5.10. The topological polar surface area (TPSA) is 122 Å². The summed E-state index contributed by atoms with van der Waals surface area (Å²) in [7, 11) is 0. The summed E-state index contributed by atoms with van der Waals surface area (Å²) in [4.78, 5) is 27.0. The molecule has 1 N–H and O–H groups in total. The predicted octanol–water partition coefficient (Wildman–Crippen LogP) is 1.72. The van der Waals surface area contributed by atoms with Gasteiger partial charge in [0, 0.05) is 57.0 Å². The lowest BCUT2D eigenvalue weighted by molar-refractivity contribution is -0.384. The Hall–Kier alpha value is -3.86. The van der Waals surface area contributed by atoms with Crippen LogP contribution in [-0.2, 0) is 4.79 Å². The molecule has 1 aliphatic rings. The number of carbonyl (C=O) groups is 1. The standard InChI is InChI=1S/C20H22N8O3/c29-19(21-16-5-4-8-18(15-16)28(30)31)9-10-25-11-13-26(14-12-25)20-22-23-24-27(20)17-6-2-1-3-7-17/h1-8,15H,9-14H2,(H,21,29). The minimum Gasteiger partial charge on any atom is -0.337 e. The third kappa shape index (κ3) is 5.01. The number of hydrogen-bond donors (Lipinski definition) is 1. The van der Waals surface area contributed by atoms with Gasteiger partial charge in [-0.1, -0.05) is 29.4 Å². The highest BCUT2D eigenvalue weighted by Crippen LogP contribution is 2.18. The van der Waals surface area contributed by atoms with Crippen LogP contribution in [0, 0.1) is 10.1 Å². The number of nitrogens with one attached hydrogen (secondary N) is 1. The minimum absolute atomic E-state index is 0.0493. The fourth-order valence-electron chi connectivity index (χ4n) is 3.47. The first kappa shape index (κ1) is 20.4. The molecule has 0 unspecified atom stereocenters. The maximum Gasteiger partial charge on any atom is 0.271 e. The number of aromatic nitrogens is 4. The molecule has 0 radical (unpaired) electrons. The highest BCUT2D eigenvalue weighted by Gasteiger charge is 2.22. The van der Waals surface area contributed by atoms with Crippen molar-refractivity contribution < 1.29 is 9.72 Å². The molecule has 31 heavy (non-hydrogen) atoms. The van der Waals surface area contributed by atoms with Gasteiger partial charge in [-0.05, 0) is 28.6 Å². The average Bonchev–Trinajstić information content (AvgIpc) is 3.29.